The van der Waals surface area contributed by atoms with Gasteiger partial charge in [0.2, 0.25) is 0 Å². The highest BCUT2D eigenvalue weighted by Gasteiger charge is 2.04. The minimum absolute atomic E-state index is 0.131. The van der Waals surface area contributed by atoms with Crippen LogP contribution in [0, 0.1) is 5.82 Å². The molecular formula is C20H14ClFN2O. The molecule has 2 aromatic carbocycles. The number of nitrogens with one attached hydrogen (secondary N) is 1. The predicted octanol–water partition coefficient (Wildman–Crippen LogP) is 5.51. The van der Waals surface area contributed by atoms with Crippen molar-refractivity contribution in [3.63, 3.8) is 0 Å². The number of ketones is 1. The van der Waals surface area contributed by atoms with Crippen LogP contribution in [0.1, 0.15) is 15.9 Å². The molecule has 0 atom stereocenters. The Morgan fingerprint density at radius 2 is 1.76 bits per heavy atom. The van der Waals surface area contributed by atoms with Gasteiger partial charge in [0.1, 0.15) is 11.6 Å². The molecule has 1 aromatic heterocycles. The van der Waals surface area contributed by atoms with Gasteiger partial charge in [-0.1, -0.05) is 11.6 Å². The van der Waals surface area contributed by atoms with Gasteiger partial charge in [-0.25, -0.2) is 9.37 Å². The zero-order chi connectivity index (χ0) is 17.6. The highest BCUT2D eigenvalue weighted by Crippen LogP contribution is 2.20. The second kappa shape index (κ2) is 7.73. The second-order valence-corrected chi connectivity index (χ2v) is 5.71. The maximum atomic E-state index is 13.0. The van der Waals surface area contributed by atoms with Gasteiger partial charge >= 0.3 is 0 Å². The summed E-state index contributed by atoms with van der Waals surface area (Å²) in [5, 5.41) is 3.69. The lowest BCUT2D eigenvalue weighted by Gasteiger charge is -2.08. The van der Waals surface area contributed by atoms with Crippen molar-refractivity contribution in [1.29, 1.82) is 0 Å². The summed E-state index contributed by atoms with van der Waals surface area (Å²) in [6.07, 6.45) is 4.82. The molecule has 0 aliphatic rings. The van der Waals surface area contributed by atoms with Crippen LogP contribution in [0.25, 0.3) is 6.08 Å². The van der Waals surface area contributed by atoms with Gasteiger partial charge in [-0.05, 0) is 72.8 Å². The number of halogens is 2. The first-order valence-electron chi connectivity index (χ1n) is 7.57. The fraction of sp³-hybridized carbons (Fsp3) is 0. The summed E-state index contributed by atoms with van der Waals surface area (Å²) in [6.45, 7) is 0. The molecule has 3 aromatic rings. The number of carbonyl (C=O) groups is 1. The number of anilines is 2. The number of pyridine rings is 1. The highest BCUT2D eigenvalue weighted by molar-refractivity contribution is 6.30. The van der Waals surface area contributed by atoms with E-state index >= 15 is 0 Å². The van der Waals surface area contributed by atoms with E-state index in [9.17, 15) is 9.18 Å². The lowest BCUT2D eigenvalue weighted by atomic mass is 10.1. The zero-order valence-electron chi connectivity index (χ0n) is 13.1. The van der Waals surface area contributed by atoms with Gasteiger partial charge in [0.05, 0.1) is 0 Å². The molecule has 0 bridgehead atoms. The molecule has 0 fully saturated rings. The summed E-state index contributed by atoms with van der Waals surface area (Å²) in [6, 6.07) is 16.3. The average molecular weight is 353 g/mol. The lowest BCUT2D eigenvalue weighted by Crippen LogP contribution is -1.97. The summed E-state index contributed by atoms with van der Waals surface area (Å²) in [4.78, 5) is 16.5. The Morgan fingerprint density at radius 3 is 2.48 bits per heavy atom. The molecule has 0 saturated heterocycles. The number of rotatable bonds is 5. The smallest absolute Gasteiger partial charge is 0.185 e. The van der Waals surface area contributed by atoms with Crippen LogP contribution in [0.3, 0.4) is 0 Å². The van der Waals surface area contributed by atoms with Gasteiger partial charge in [-0.15, -0.1) is 0 Å². The first-order valence-corrected chi connectivity index (χ1v) is 7.95. The minimum atomic E-state index is -0.305. The van der Waals surface area contributed by atoms with Crippen LogP contribution in [0.4, 0.5) is 15.9 Å². The van der Waals surface area contributed by atoms with Gasteiger partial charge in [0.15, 0.2) is 5.78 Å². The number of hydrogen-bond donors (Lipinski definition) is 1. The number of carbonyl (C=O) groups excluding carboxylic acids is 1. The average Bonchev–Trinajstić information content (AvgIpc) is 2.63. The molecule has 3 rings (SSSR count). The fourth-order valence-electron chi connectivity index (χ4n) is 2.20. The number of hydrogen-bond acceptors (Lipinski definition) is 3. The number of allylic oxidation sites excluding steroid dienone is 1. The summed E-state index contributed by atoms with van der Waals surface area (Å²) in [5.74, 6) is 0.141. The number of benzene rings is 2. The molecular weight excluding hydrogens is 339 g/mol. The van der Waals surface area contributed by atoms with E-state index in [1.807, 2.05) is 6.07 Å². The van der Waals surface area contributed by atoms with Crippen molar-refractivity contribution in [3.05, 3.63) is 94.9 Å². The Balaban J connectivity index is 1.79. The van der Waals surface area contributed by atoms with E-state index in [4.69, 9.17) is 11.6 Å². The quantitative estimate of drug-likeness (QED) is 0.486. The summed E-state index contributed by atoms with van der Waals surface area (Å²) in [5.41, 5.74) is 2.01. The van der Waals surface area contributed by atoms with Crippen molar-refractivity contribution in [2.45, 2.75) is 0 Å². The minimum Gasteiger partial charge on any atom is -0.340 e. The van der Waals surface area contributed by atoms with Crippen molar-refractivity contribution >= 4 is 35.0 Å². The fourth-order valence-corrected chi connectivity index (χ4v) is 2.33. The lowest BCUT2D eigenvalue weighted by molar-refractivity contribution is 0.104. The molecule has 0 radical (unpaired) electrons. The van der Waals surface area contributed by atoms with Crippen LogP contribution in [0.2, 0.25) is 5.02 Å². The zero-order valence-corrected chi connectivity index (χ0v) is 13.9. The first kappa shape index (κ1) is 16.9. The Morgan fingerprint density at radius 1 is 1.04 bits per heavy atom. The topological polar surface area (TPSA) is 42.0 Å². The van der Waals surface area contributed by atoms with Gasteiger partial charge in [0.25, 0.3) is 0 Å². The largest absolute Gasteiger partial charge is 0.340 e. The molecule has 0 unspecified atom stereocenters. The van der Waals surface area contributed by atoms with Gasteiger partial charge in [-0.2, -0.15) is 0 Å². The monoisotopic (exact) mass is 352 g/mol. The van der Waals surface area contributed by atoms with Crippen LogP contribution in [0.15, 0.2) is 72.9 Å². The number of nitrogens with zero attached hydrogens (tertiary/aromatic N) is 1. The third-order valence-corrected chi connectivity index (χ3v) is 3.74. The molecule has 0 spiro atoms. The highest BCUT2D eigenvalue weighted by atomic mass is 35.5. The third kappa shape index (κ3) is 4.52. The van der Waals surface area contributed by atoms with Crippen molar-refractivity contribution in [2.24, 2.45) is 0 Å². The Hall–Kier alpha value is -2.98. The summed E-state index contributed by atoms with van der Waals surface area (Å²) < 4.78 is 13.0. The molecule has 3 nitrogen and oxygen atoms in total. The Labute approximate surface area is 149 Å². The molecule has 124 valence electrons. The van der Waals surface area contributed by atoms with Crippen LogP contribution in [-0.2, 0) is 0 Å². The van der Waals surface area contributed by atoms with E-state index in [0.29, 0.717) is 22.1 Å². The van der Waals surface area contributed by atoms with E-state index in [1.165, 1.54) is 18.2 Å². The molecule has 5 heteroatoms. The van der Waals surface area contributed by atoms with Gasteiger partial charge in [0, 0.05) is 28.0 Å². The molecule has 0 amide bonds. The van der Waals surface area contributed by atoms with Crippen LogP contribution in [0.5, 0.6) is 0 Å². The molecule has 0 saturated carbocycles. The third-order valence-electron chi connectivity index (χ3n) is 3.49. The van der Waals surface area contributed by atoms with Crippen molar-refractivity contribution in [1.82, 2.24) is 4.98 Å². The number of aromatic nitrogens is 1. The van der Waals surface area contributed by atoms with E-state index in [-0.39, 0.29) is 11.6 Å². The van der Waals surface area contributed by atoms with Crippen molar-refractivity contribution in [3.8, 4) is 0 Å². The van der Waals surface area contributed by atoms with E-state index in [0.717, 1.165) is 5.56 Å². The van der Waals surface area contributed by atoms with E-state index < -0.39 is 0 Å². The van der Waals surface area contributed by atoms with Crippen molar-refractivity contribution < 1.29 is 9.18 Å². The molecule has 0 aliphatic carbocycles. The van der Waals surface area contributed by atoms with Gasteiger partial charge in [-0.3, -0.25) is 4.79 Å². The normalized spacial score (nSPS) is 10.8. The molecule has 25 heavy (non-hydrogen) atoms. The maximum absolute atomic E-state index is 13.0. The van der Waals surface area contributed by atoms with E-state index in [2.05, 4.69) is 10.3 Å². The SMILES string of the molecule is O=C(C=Cc1cccnc1Nc1ccc(F)cc1)c1ccc(Cl)cc1. The molecule has 1 N–H and O–H groups in total. The predicted molar refractivity (Wildman–Crippen MR) is 98.7 cm³/mol. The molecule has 0 aliphatic heterocycles. The Kier molecular flexibility index (Phi) is 5.21. The standard InChI is InChI=1S/C20H14ClFN2O/c21-16-6-3-14(4-7-16)19(25)12-5-15-2-1-13-23-20(15)24-18-10-8-17(22)9-11-18/h1-13H,(H,23,24). The van der Waals surface area contributed by atoms with Crippen LogP contribution < -0.4 is 5.32 Å². The second-order valence-electron chi connectivity index (χ2n) is 5.28. The van der Waals surface area contributed by atoms with Crippen LogP contribution >= 0.6 is 11.6 Å². The van der Waals surface area contributed by atoms with Crippen molar-refractivity contribution in [2.75, 3.05) is 5.32 Å². The van der Waals surface area contributed by atoms with Gasteiger partial charge < -0.3 is 5.32 Å². The molecule has 1 heterocycles. The van der Waals surface area contributed by atoms with E-state index in [1.54, 1.807) is 54.7 Å². The summed E-state index contributed by atoms with van der Waals surface area (Å²) >= 11 is 5.83. The maximum Gasteiger partial charge on any atom is 0.185 e. The summed E-state index contributed by atoms with van der Waals surface area (Å²) in [7, 11) is 0. The Bertz CT molecular complexity index is 906. The van der Waals surface area contributed by atoms with Crippen LogP contribution in [-0.4, -0.2) is 10.8 Å². The first-order chi connectivity index (χ1) is 12.1.